The van der Waals surface area contributed by atoms with Crippen LogP contribution in [0.25, 0.3) is 0 Å². The van der Waals surface area contributed by atoms with E-state index < -0.39 is 6.29 Å². The lowest BCUT2D eigenvalue weighted by Gasteiger charge is -2.39. The van der Waals surface area contributed by atoms with Crippen molar-refractivity contribution in [2.24, 2.45) is 9.98 Å². The Bertz CT molecular complexity index is 641. The Hall–Kier alpha value is -1.54. The van der Waals surface area contributed by atoms with Crippen LogP contribution in [0.1, 0.15) is 119 Å². The molecule has 1 aliphatic heterocycles. The molecular formula is C28H58N6O6. The van der Waals surface area contributed by atoms with E-state index in [9.17, 15) is 0 Å². The number of hydrogen-bond donors (Lipinski definition) is 0. The average Bonchev–Trinajstić information content (AvgIpc) is 2.96. The Morgan fingerprint density at radius 3 is 1.27 bits per heavy atom. The van der Waals surface area contributed by atoms with Gasteiger partial charge in [-0.25, -0.2) is 24.3 Å². The Labute approximate surface area is 243 Å². The molecule has 12 heteroatoms. The number of hydrogen-bond acceptors (Lipinski definition) is 12. The molecular weight excluding hydrogens is 516 g/mol. The van der Waals surface area contributed by atoms with E-state index in [0.717, 1.165) is 77.0 Å². The lowest BCUT2D eigenvalue weighted by Crippen LogP contribution is -2.56. The van der Waals surface area contributed by atoms with Gasteiger partial charge >= 0.3 is 0 Å². The van der Waals surface area contributed by atoms with Crippen molar-refractivity contribution in [1.82, 2.24) is 20.6 Å². The predicted molar refractivity (Wildman–Crippen MR) is 157 cm³/mol. The van der Waals surface area contributed by atoms with Crippen LogP contribution in [0.2, 0.25) is 0 Å². The number of guanidine groups is 2. The van der Waals surface area contributed by atoms with Crippen LogP contribution in [-0.4, -0.2) is 85.5 Å². The summed E-state index contributed by atoms with van der Waals surface area (Å²) in [4.78, 5) is 47.9. The first kappa shape index (κ1) is 36.5. The maximum atomic E-state index is 6.10. The van der Waals surface area contributed by atoms with Gasteiger partial charge in [0.15, 0.2) is 0 Å². The number of rotatable bonds is 25. The summed E-state index contributed by atoms with van der Waals surface area (Å²) >= 11 is 0. The third-order valence-electron chi connectivity index (χ3n) is 5.87. The van der Waals surface area contributed by atoms with Gasteiger partial charge in [-0.15, -0.1) is 0 Å². The quantitative estimate of drug-likeness (QED) is 0.0923. The van der Waals surface area contributed by atoms with Crippen LogP contribution in [0.3, 0.4) is 0 Å². The fourth-order valence-electron chi connectivity index (χ4n) is 3.18. The largest absolute Gasteiger partial charge is 0.303 e. The van der Waals surface area contributed by atoms with Crippen molar-refractivity contribution >= 4 is 11.9 Å². The van der Waals surface area contributed by atoms with E-state index in [1.54, 1.807) is 0 Å². The molecule has 0 aromatic carbocycles. The van der Waals surface area contributed by atoms with Crippen LogP contribution in [0.4, 0.5) is 0 Å². The zero-order valence-corrected chi connectivity index (χ0v) is 26.4. The molecule has 0 fully saturated rings. The molecule has 0 spiro atoms. The maximum Gasteiger partial charge on any atom is 0.280 e. The average molecular weight is 575 g/mol. The Kier molecular flexibility index (Phi) is 22.0. The summed E-state index contributed by atoms with van der Waals surface area (Å²) in [6.07, 6.45) is 10.5. The SMILES string of the molecule is CCCCON(OCCCC)C1=NC(N(OCCCC)OCCCC)N(C)C(N(OCCCC)OCCCC)=N1. The van der Waals surface area contributed by atoms with Crippen LogP contribution in [0, 0.1) is 0 Å². The van der Waals surface area contributed by atoms with Crippen molar-refractivity contribution < 1.29 is 29.0 Å². The Morgan fingerprint density at radius 2 is 0.900 bits per heavy atom. The van der Waals surface area contributed by atoms with E-state index in [2.05, 4.69) is 41.5 Å². The molecule has 1 aliphatic rings. The fourth-order valence-corrected chi connectivity index (χ4v) is 3.18. The third-order valence-corrected chi connectivity index (χ3v) is 5.87. The van der Waals surface area contributed by atoms with Crippen LogP contribution >= 0.6 is 0 Å². The molecule has 12 nitrogen and oxygen atoms in total. The van der Waals surface area contributed by atoms with E-state index in [4.69, 9.17) is 39.0 Å². The molecule has 0 N–H and O–H groups in total. The van der Waals surface area contributed by atoms with E-state index >= 15 is 0 Å². The molecule has 0 bridgehead atoms. The van der Waals surface area contributed by atoms with Gasteiger partial charge in [-0.1, -0.05) is 90.5 Å². The van der Waals surface area contributed by atoms with Crippen molar-refractivity contribution in [2.45, 2.75) is 125 Å². The molecule has 0 aromatic heterocycles. The molecule has 0 aromatic rings. The van der Waals surface area contributed by atoms with Crippen molar-refractivity contribution in [1.29, 1.82) is 0 Å². The van der Waals surface area contributed by atoms with Gasteiger partial charge in [0.05, 0.1) is 39.6 Å². The number of nitrogens with zero attached hydrogens (tertiary/aromatic N) is 6. The highest BCUT2D eigenvalue weighted by atomic mass is 17.0. The van der Waals surface area contributed by atoms with Gasteiger partial charge in [-0.2, -0.15) is 4.99 Å². The molecule has 40 heavy (non-hydrogen) atoms. The van der Waals surface area contributed by atoms with E-state index in [1.165, 1.54) is 15.7 Å². The van der Waals surface area contributed by atoms with Crippen LogP contribution in [-0.2, 0) is 29.0 Å². The lowest BCUT2D eigenvalue weighted by molar-refractivity contribution is -0.404. The molecule has 1 atom stereocenters. The number of unbranched alkanes of at least 4 members (excludes halogenated alkanes) is 6. The predicted octanol–water partition coefficient (Wildman–Crippen LogP) is 6.22. The standard InChI is InChI=1S/C28H58N6O6/c1-8-14-20-35-32(36-21-15-9-2)26-29-27(33(37-22-16-10-3)38-23-17-11-4)31(7)28(30-26)34(39-24-18-12-5)40-25-19-13-6/h27H,8-25H2,1-7H3. The van der Waals surface area contributed by atoms with E-state index in [-0.39, 0.29) is 5.96 Å². The van der Waals surface area contributed by atoms with Crippen molar-refractivity contribution in [2.75, 3.05) is 46.7 Å². The van der Waals surface area contributed by atoms with Gasteiger partial charge in [0.25, 0.3) is 11.9 Å². The maximum absolute atomic E-state index is 6.10. The van der Waals surface area contributed by atoms with Gasteiger partial charge in [-0.3, -0.25) is 9.68 Å². The molecule has 0 saturated heterocycles. The summed E-state index contributed by atoms with van der Waals surface area (Å²) in [5.41, 5.74) is 0. The fraction of sp³-hybridized carbons (Fsp3) is 0.929. The molecule has 1 rings (SSSR count). The number of aliphatic imine (C=N–C) groups is 2. The molecule has 236 valence electrons. The minimum absolute atomic E-state index is 0.233. The summed E-state index contributed by atoms with van der Waals surface area (Å²) < 4.78 is 0. The Morgan fingerprint density at radius 1 is 0.550 bits per heavy atom. The van der Waals surface area contributed by atoms with Gasteiger partial charge in [-0.05, 0) is 43.8 Å². The third kappa shape index (κ3) is 14.4. The first-order valence-corrected chi connectivity index (χ1v) is 15.6. The van der Waals surface area contributed by atoms with Crippen LogP contribution < -0.4 is 0 Å². The van der Waals surface area contributed by atoms with E-state index in [0.29, 0.717) is 45.6 Å². The molecule has 1 heterocycles. The van der Waals surface area contributed by atoms with Crippen LogP contribution in [0.5, 0.6) is 0 Å². The molecule has 0 radical (unpaired) electrons. The molecule has 1 unspecified atom stereocenters. The van der Waals surface area contributed by atoms with Gasteiger partial charge < -0.3 is 4.90 Å². The number of hydroxylamine groups is 6. The van der Waals surface area contributed by atoms with Gasteiger partial charge in [0, 0.05) is 7.05 Å². The molecule has 0 aliphatic carbocycles. The summed E-state index contributed by atoms with van der Waals surface area (Å²) in [7, 11) is 1.86. The summed E-state index contributed by atoms with van der Waals surface area (Å²) in [6.45, 7) is 15.6. The zero-order chi connectivity index (χ0) is 29.4. The van der Waals surface area contributed by atoms with Crippen molar-refractivity contribution in [3.05, 3.63) is 0 Å². The zero-order valence-electron chi connectivity index (χ0n) is 26.4. The van der Waals surface area contributed by atoms with Gasteiger partial charge in [0.2, 0.25) is 6.29 Å². The second kappa shape index (κ2) is 24.1. The topological polar surface area (TPSA) is 93.1 Å². The van der Waals surface area contributed by atoms with Gasteiger partial charge in [0.1, 0.15) is 0 Å². The first-order valence-electron chi connectivity index (χ1n) is 15.6. The molecule has 0 saturated carbocycles. The Balaban J connectivity index is 3.45. The minimum atomic E-state index is -0.727. The second-order valence-electron chi connectivity index (χ2n) is 9.72. The van der Waals surface area contributed by atoms with Crippen molar-refractivity contribution in [3.63, 3.8) is 0 Å². The highest BCUT2D eigenvalue weighted by molar-refractivity contribution is 5.95. The van der Waals surface area contributed by atoms with Crippen molar-refractivity contribution in [3.8, 4) is 0 Å². The summed E-state index contributed by atoms with van der Waals surface area (Å²) in [5.74, 6) is 0.630. The summed E-state index contributed by atoms with van der Waals surface area (Å²) in [5, 5.41) is 4.16. The highest BCUT2D eigenvalue weighted by Gasteiger charge is 2.37. The minimum Gasteiger partial charge on any atom is -0.303 e. The monoisotopic (exact) mass is 574 g/mol. The lowest BCUT2D eigenvalue weighted by atomic mass is 10.4. The highest BCUT2D eigenvalue weighted by Crippen LogP contribution is 2.20. The van der Waals surface area contributed by atoms with E-state index in [1.807, 2.05) is 11.9 Å². The first-order chi connectivity index (χ1) is 19.6. The normalized spacial score (nSPS) is 15.5. The summed E-state index contributed by atoms with van der Waals surface area (Å²) in [6, 6.07) is 0. The second-order valence-corrected chi connectivity index (χ2v) is 9.72. The smallest absolute Gasteiger partial charge is 0.280 e. The van der Waals surface area contributed by atoms with Crippen LogP contribution in [0.15, 0.2) is 9.98 Å². The molecule has 0 amide bonds.